The lowest BCUT2D eigenvalue weighted by Gasteiger charge is -2.49. The first-order chi connectivity index (χ1) is 20.0. The molecule has 0 aliphatic carbocycles. The van der Waals surface area contributed by atoms with Crippen LogP contribution in [0.2, 0.25) is 0 Å². The molecule has 0 amide bonds. The normalized spacial score (nSPS) is 30.5. The van der Waals surface area contributed by atoms with Gasteiger partial charge in [0.05, 0.1) is 45.1 Å². The van der Waals surface area contributed by atoms with Crippen LogP contribution in [0.15, 0.2) is 53.5 Å². The smallest absolute Gasteiger partial charge is 0.314 e. The Morgan fingerprint density at radius 1 is 1.05 bits per heavy atom. The minimum absolute atomic E-state index is 0.0114. The van der Waals surface area contributed by atoms with Gasteiger partial charge in [0.2, 0.25) is 0 Å². The summed E-state index contributed by atoms with van der Waals surface area (Å²) in [4.78, 5) is 24.3. The molecular formula is C33H43N3O5. The van der Waals surface area contributed by atoms with E-state index >= 15 is 0 Å². The lowest BCUT2D eigenvalue weighted by atomic mass is 9.67. The third-order valence-electron chi connectivity index (χ3n) is 9.64. The first kappa shape index (κ1) is 28.2. The predicted molar refractivity (Wildman–Crippen MR) is 159 cm³/mol. The zero-order valence-electron chi connectivity index (χ0n) is 24.8. The number of para-hydroxylation sites is 1. The number of rotatable bonds is 10. The van der Waals surface area contributed by atoms with Crippen LogP contribution in [0.3, 0.4) is 0 Å². The van der Waals surface area contributed by atoms with Gasteiger partial charge in [-0.3, -0.25) is 14.7 Å². The van der Waals surface area contributed by atoms with Crippen molar-refractivity contribution in [3.63, 3.8) is 0 Å². The van der Waals surface area contributed by atoms with Crippen LogP contribution in [0.5, 0.6) is 5.75 Å². The number of carbonyl (C=O) groups excluding carboxylic acids is 1. The molecule has 6 rings (SSSR count). The van der Waals surface area contributed by atoms with E-state index in [0.717, 1.165) is 41.1 Å². The van der Waals surface area contributed by atoms with Crippen molar-refractivity contribution in [3.8, 4) is 5.75 Å². The molecule has 41 heavy (non-hydrogen) atoms. The Labute approximate surface area is 243 Å². The Balaban J connectivity index is 1.53. The maximum absolute atomic E-state index is 14.0. The molecule has 2 saturated heterocycles. The number of hydrogen-bond acceptors (Lipinski definition) is 8. The van der Waals surface area contributed by atoms with Gasteiger partial charge < -0.3 is 23.8 Å². The lowest BCUT2D eigenvalue weighted by Crippen LogP contribution is -2.63. The summed E-state index contributed by atoms with van der Waals surface area (Å²) in [6, 6.07) is 16.6. The van der Waals surface area contributed by atoms with E-state index in [9.17, 15) is 4.79 Å². The topological polar surface area (TPSA) is 72.8 Å². The predicted octanol–water partition coefficient (Wildman–Crippen LogP) is 4.81. The number of methoxy groups -OCH3 is 2. The average molecular weight is 562 g/mol. The zero-order valence-corrected chi connectivity index (χ0v) is 24.8. The summed E-state index contributed by atoms with van der Waals surface area (Å²) < 4.78 is 24.2. The summed E-state index contributed by atoms with van der Waals surface area (Å²) in [6.07, 6.45) is 6.16. The molecule has 0 radical (unpaired) electrons. The molecule has 8 heteroatoms. The highest BCUT2D eigenvalue weighted by Gasteiger charge is 2.77. The van der Waals surface area contributed by atoms with E-state index in [1.165, 1.54) is 26.4 Å². The monoisotopic (exact) mass is 561 g/mol. The standard InChI is InChI=1S/C33H43N3O5/c1-5-6-7-8-13-28-32-29(25-11-9-10-12-26(25)35(28)2)30(31(37)39-4)33(41-32,36-18-20-40-21-19-36)27(34-32)22-23-14-16-24(38-3)17-15-23/h9-12,14-17,28-30H,5-8,13,18-22H2,1-4H3/t28-,29?,30-,32+,33+/m0/s1. The Hall–Kier alpha value is -2.94. The molecule has 1 spiro atoms. The molecule has 0 saturated carbocycles. The summed E-state index contributed by atoms with van der Waals surface area (Å²) in [6.45, 7) is 4.74. The van der Waals surface area contributed by atoms with Gasteiger partial charge in [0.25, 0.3) is 0 Å². The number of benzene rings is 2. The van der Waals surface area contributed by atoms with Gasteiger partial charge in [-0.15, -0.1) is 0 Å². The fraction of sp³-hybridized carbons (Fsp3) is 0.576. The van der Waals surface area contributed by atoms with Crippen LogP contribution in [-0.4, -0.2) is 81.6 Å². The van der Waals surface area contributed by atoms with Crippen molar-refractivity contribution >= 4 is 17.4 Å². The second kappa shape index (κ2) is 11.4. The number of nitrogens with zero attached hydrogens (tertiary/aromatic N) is 3. The largest absolute Gasteiger partial charge is 0.497 e. The van der Waals surface area contributed by atoms with Gasteiger partial charge in [-0.25, -0.2) is 0 Å². The molecule has 2 bridgehead atoms. The highest BCUT2D eigenvalue weighted by molar-refractivity contribution is 6.02. The van der Waals surface area contributed by atoms with Crippen molar-refractivity contribution in [2.75, 3.05) is 52.5 Å². The van der Waals surface area contributed by atoms with Gasteiger partial charge in [-0.05, 0) is 35.7 Å². The Morgan fingerprint density at radius 2 is 1.80 bits per heavy atom. The first-order valence-electron chi connectivity index (χ1n) is 15.1. The number of ether oxygens (including phenoxy) is 4. The molecule has 0 N–H and O–H groups in total. The molecule has 2 aromatic rings. The van der Waals surface area contributed by atoms with E-state index in [1.54, 1.807) is 7.11 Å². The SMILES string of the molecule is CCCCCC[C@@H]1N(C)c2ccccc2C2[C@@H](C(=O)OC)[C@]3(N4CCOCC4)O[C@@]21N=C3Cc1ccc(OC)cc1. The van der Waals surface area contributed by atoms with Crippen LogP contribution in [0, 0.1) is 5.92 Å². The third kappa shape index (κ3) is 4.46. The van der Waals surface area contributed by atoms with Crippen molar-refractivity contribution in [3.05, 3.63) is 59.7 Å². The molecular weight excluding hydrogens is 518 g/mol. The molecule has 5 atom stereocenters. The summed E-state index contributed by atoms with van der Waals surface area (Å²) >= 11 is 0. The number of hydrogen-bond donors (Lipinski definition) is 0. The molecule has 220 valence electrons. The van der Waals surface area contributed by atoms with E-state index in [4.69, 9.17) is 23.9 Å². The van der Waals surface area contributed by atoms with Gasteiger partial charge >= 0.3 is 5.97 Å². The molecule has 4 heterocycles. The maximum atomic E-state index is 14.0. The first-order valence-corrected chi connectivity index (χ1v) is 15.1. The summed E-state index contributed by atoms with van der Waals surface area (Å²) in [7, 11) is 5.34. The summed E-state index contributed by atoms with van der Waals surface area (Å²) in [5.41, 5.74) is 2.36. The van der Waals surface area contributed by atoms with Gasteiger partial charge in [0.15, 0.2) is 11.4 Å². The highest BCUT2D eigenvalue weighted by Crippen LogP contribution is 2.65. The molecule has 8 nitrogen and oxygen atoms in total. The highest BCUT2D eigenvalue weighted by atomic mass is 16.6. The lowest BCUT2D eigenvalue weighted by molar-refractivity contribution is -0.176. The minimum Gasteiger partial charge on any atom is -0.497 e. The number of fused-ring (bicyclic) bond motifs is 3. The molecule has 0 aromatic heterocycles. The molecule has 4 aliphatic rings. The quantitative estimate of drug-likeness (QED) is 0.305. The Morgan fingerprint density at radius 3 is 2.51 bits per heavy atom. The molecule has 4 aliphatic heterocycles. The average Bonchev–Trinajstić information content (AvgIpc) is 3.51. The second-order valence-electron chi connectivity index (χ2n) is 11.7. The van der Waals surface area contributed by atoms with Crippen LogP contribution in [0.25, 0.3) is 0 Å². The van der Waals surface area contributed by atoms with Crippen LogP contribution in [0.4, 0.5) is 5.69 Å². The number of likely N-dealkylation sites (N-methyl/N-ethyl adjacent to an activating group) is 1. The minimum atomic E-state index is -1.01. The number of esters is 1. The van der Waals surface area contributed by atoms with Gasteiger partial charge in [-0.2, -0.15) is 0 Å². The van der Waals surface area contributed by atoms with Crippen molar-refractivity contribution in [1.82, 2.24) is 4.90 Å². The maximum Gasteiger partial charge on any atom is 0.314 e. The van der Waals surface area contributed by atoms with Gasteiger partial charge in [0, 0.05) is 32.2 Å². The van der Waals surface area contributed by atoms with Gasteiger partial charge in [0.1, 0.15) is 11.7 Å². The van der Waals surface area contributed by atoms with E-state index in [0.29, 0.717) is 32.7 Å². The van der Waals surface area contributed by atoms with E-state index in [2.05, 4.69) is 60.2 Å². The van der Waals surface area contributed by atoms with Crippen molar-refractivity contribution in [1.29, 1.82) is 0 Å². The fourth-order valence-electron chi connectivity index (χ4n) is 7.76. The van der Waals surface area contributed by atoms with Crippen LogP contribution < -0.4 is 9.64 Å². The van der Waals surface area contributed by atoms with Crippen LogP contribution >= 0.6 is 0 Å². The molecule has 1 unspecified atom stereocenters. The third-order valence-corrected chi connectivity index (χ3v) is 9.64. The zero-order chi connectivity index (χ0) is 28.6. The number of unbranched alkanes of at least 4 members (excludes halogenated alkanes) is 3. The Bertz CT molecular complexity index is 1280. The van der Waals surface area contributed by atoms with E-state index in [-0.39, 0.29) is 17.9 Å². The second-order valence-corrected chi connectivity index (χ2v) is 11.7. The fourth-order valence-corrected chi connectivity index (χ4v) is 7.76. The summed E-state index contributed by atoms with van der Waals surface area (Å²) in [5, 5.41) is 0. The van der Waals surface area contributed by atoms with Crippen molar-refractivity contribution in [2.24, 2.45) is 10.9 Å². The van der Waals surface area contributed by atoms with Crippen LogP contribution in [0.1, 0.15) is 56.1 Å². The number of morpholine rings is 1. The number of anilines is 1. The molecule has 2 fully saturated rings. The van der Waals surface area contributed by atoms with Crippen LogP contribution in [-0.2, 0) is 25.4 Å². The number of aliphatic imine (C=N–C) groups is 1. The van der Waals surface area contributed by atoms with E-state index in [1.807, 2.05) is 12.1 Å². The van der Waals surface area contributed by atoms with E-state index < -0.39 is 17.4 Å². The van der Waals surface area contributed by atoms with Gasteiger partial charge in [-0.1, -0.05) is 62.9 Å². The summed E-state index contributed by atoms with van der Waals surface area (Å²) in [5.74, 6) is -0.230. The number of carbonyl (C=O) groups is 1. The Kier molecular flexibility index (Phi) is 7.83. The van der Waals surface area contributed by atoms with Crippen molar-refractivity contribution < 1.29 is 23.7 Å². The van der Waals surface area contributed by atoms with Crippen molar-refractivity contribution in [2.45, 2.75) is 68.9 Å². The molecule has 2 aromatic carbocycles.